The van der Waals surface area contributed by atoms with Gasteiger partial charge >= 0.3 is 0 Å². The van der Waals surface area contributed by atoms with Gasteiger partial charge in [0.15, 0.2) is 15.7 Å². The molecule has 37 heavy (non-hydrogen) atoms. The third-order valence-electron chi connectivity index (χ3n) is 6.19. The topological polar surface area (TPSA) is 121 Å². The number of benzene rings is 1. The van der Waals surface area contributed by atoms with Crippen LogP contribution in [0, 0.1) is 5.92 Å². The predicted molar refractivity (Wildman–Crippen MR) is 142 cm³/mol. The van der Waals surface area contributed by atoms with Crippen LogP contribution in [0.15, 0.2) is 65.8 Å². The molecule has 0 radical (unpaired) electrons. The Morgan fingerprint density at radius 3 is 2.54 bits per heavy atom. The Bertz CT molecular complexity index is 1380. The molecule has 0 spiro atoms. The van der Waals surface area contributed by atoms with E-state index in [4.69, 9.17) is 11.6 Å². The standard InChI is InChI=1S/C26H28ClN5O4S/c1-37(35,36)22-15-23(31-26(34)19-5-4-6-20(27)14-19)25(30-17-22)32-11-8-18(9-12-32)13-24(33)29-16-21-7-2-3-10-28-21/h2-7,10,14-15,17-18H,8-9,11-13,16H2,1H3,(H,29,33)(H,31,34). The molecule has 1 aliphatic heterocycles. The van der Waals surface area contributed by atoms with Crippen molar-refractivity contribution in [1.29, 1.82) is 0 Å². The van der Waals surface area contributed by atoms with Gasteiger partial charge < -0.3 is 15.5 Å². The third-order valence-corrected chi connectivity index (χ3v) is 7.50. The third kappa shape index (κ3) is 7.27. The number of carbonyl (C=O) groups excluding carboxylic acids is 2. The Hall–Kier alpha value is -3.50. The fourth-order valence-electron chi connectivity index (χ4n) is 4.18. The summed E-state index contributed by atoms with van der Waals surface area (Å²) < 4.78 is 24.3. The number of nitrogens with one attached hydrogen (secondary N) is 2. The van der Waals surface area contributed by atoms with Crippen LogP contribution >= 0.6 is 11.6 Å². The molecular weight excluding hydrogens is 514 g/mol. The first-order chi connectivity index (χ1) is 17.7. The van der Waals surface area contributed by atoms with Crippen LogP contribution in [-0.2, 0) is 21.2 Å². The summed E-state index contributed by atoms with van der Waals surface area (Å²) in [6.45, 7) is 1.62. The van der Waals surface area contributed by atoms with Crippen LogP contribution in [0.5, 0.6) is 0 Å². The second kappa shape index (κ2) is 11.7. The number of amides is 2. The molecule has 194 valence electrons. The number of anilines is 2. The Labute approximate surface area is 221 Å². The van der Waals surface area contributed by atoms with Crippen LogP contribution < -0.4 is 15.5 Å². The predicted octanol–water partition coefficient (Wildman–Crippen LogP) is 3.71. The SMILES string of the molecule is CS(=O)(=O)c1cnc(N2CCC(CC(=O)NCc3ccccn3)CC2)c(NC(=O)c2cccc(Cl)c2)c1. The van der Waals surface area contributed by atoms with E-state index in [0.717, 1.165) is 24.8 Å². The summed E-state index contributed by atoms with van der Waals surface area (Å²) in [6, 6.07) is 13.5. The van der Waals surface area contributed by atoms with Crippen LogP contribution in [0.1, 0.15) is 35.3 Å². The average Bonchev–Trinajstić information content (AvgIpc) is 2.88. The van der Waals surface area contributed by atoms with Crippen molar-refractivity contribution >= 4 is 44.8 Å². The van der Waals surface area contributed by atoms with Gasteiger partial charge in [0.2, 0.25) is 5.91 Å². The Morgan fingerprint density at radius 1 is 1.08 bits per heavy atom. The van der Waals surface area contributed by atoms with E-state index in [0.29, 0.717) is 48.1 Å². The molecule has 9 nitrogen and oxygen atoms in total. The van der Waals surface area contributed by atoms with Crippen molar-refractivity contribution < 1.29 is 18.0 Å². The van der Waals surface area contributed by atoms with Crippen molar-refractivity contribution in [2.75, 3.05) is 29.6 Å². The summed E-state index contributed by atoms with van der Waals surface area (Å²) in [7, 11) is -3.53. The fraction of sp³-hybridized carbons (Fsp3) is 0.308. The van der Waals surface area contributed by atoms with Crippen molar-refractivity contribution in [3.63, 3.8) is 0 Å². The van der Waals surface area contributed by atoms with E-state index in [1.165, 1.54) is 18.3 Å². The number of rotatable bonds is 8. The number of piperidine rings is 1. The first kappa shape index (κ1) is 26.6. The highest BCUT2D eigenvalue weighted by atomic mass is 35.5. The van der Waals surface area contributed by atoms with Crippen molar-refractivity contribution in [1.82, 2.24) is 15.3 Å². The summed E-state index contributed by atoms with van der Waals surface area (Å²) in [5, 5.41) is 6.14. The number of aromatic nitrogens is 2. The molecule has 2 amide bonds. The number of halogens is 1. The molecule has 1 saturated heterocycles. The van der Waals surface area contributed by atoms with Crippen LogP contribution in [0.4, 0.5) is 11.5 Å². The highest BCUT2D eigenvalue weighted by molar-refractivity contribution is 7.90. The number of carbonyl (C=O) groups is 2. The largest absolute Gasteiger partial charge is 0.355 e. The maximum Gasteiger partial charge on any atom is 0.255 e. The lowest BCUT2D eigenvalue weighted by molar-refractivity contribution is -0.122. The molecular formula is C26H28ClN5O4S. The fourth-order valence-corrected chi connectivity index (χ4v) is 4.95. The summed E-state index contributed by atoms with van der Waals surface area (Å²) in [5.74, 6) is 0.255. The molecule has 0 atom stereocenters. The maximum atomic E-state index is 12.9. The number of sulfone groups is 1. The molecule has 1 fully saturated rings. The van der Waals surface area contributed by atoms with Gasteiger partial charge in [0.1, 0.15) is 0 Å². The summed E-state index contributed by atoms with van der Waals surface area (Å²) in [4.78, 5) is 35.9. The zero-order valence-electron chi connectivity index (χ0n) is 20.4. The van der Waals surface area contributed by atoms with E-state index in [1.807, 2.05) is 23.1 Å². The molecule has 0 saturated carbocycles. The van der Waals surface area contributed by atoms with Crippen molar-refractivity contribution in [2.24, 2.45) is 5.92 Å². The van der Waals surface area contributed by atoms with Gasteiger partial charge in [-0.15, -0.1) is 0 Å². The second-order valence-corrected chi connectivity index (χ2v) is 11.5. The molecule has 0 unspecified atom stereocenters. The number of hydrogen-bond donors (Lipinski definition) is 2. The molecule has 0 aliphatic carbocycles. The van der Waals surface area contributed by atoms with Crippen LogP contribution in [0.25, 0.3) is 0 Å². The minimum atomic E-state index is -3.53. The lowest BCUT2D eigenvalue weighted by atomic mass is 9.93. The van der Waals surface area contributed by atoms with E-state index in [-0.39, 0.29) is 16.7 Å². The Morgan fingerprint density at radius 2 is 1.86 bits per heavy atom. The highest BCUT2D eigenvalue weighted by Crippen LogP contribution is 2.31. The smallest absolute Gasteiger partial charge is 0.255 e. The van der Waals surface area contributed by atoms with Gasteiger partial charge in [-0.1, -0.05) is 23.7 Å². The zero-order chi connectivity index (χ0) is 26.4. The lowest BCUT2D eigenvalue weighted by Gasteiger charge is -2.33. The molecule has 0 bridgehead atoms. The molecule has 2 aromatic heterocycles. The van der Waals surface area contributed by atoms with Crippen molar-refractivity contribution in [3.8, 4) is 0 Å². The monoisotopic (exact) mass is 541 g/mol. The summed E-state index contributed by atoms with van der Waals surface area (Å²) >= 11 is 6.02. The van der Waals surface area contributed by atoms with Gasteiger partial charge in [-0.2, -0.15) is 0 Å². The molecule has 4 rings (SSSR count). The van der Waals surface area contributed by atoms with E-state index in [2.05, 4.69) is 20.6 Å². The molecule has 11 heteroatoms. The number of hydrogen-bond acceptors (Lipinski definition) is 7. The Kier molecular flexibility index (Phi) is 8.40. The zero-order valence-corrected chi connectivity index (χ0v) is 21.9. The second-order valence-electron chi connectivity index (χ2n) is 9.01. The molecule has 1 aromatic carbocycles. The maximum absolute atomic E-state index is 12.9. The van der Waals surface area contributed by atoms with Crippen LogP contribution in [0.3, 0.4) is 0 Å². The van der Waals surface area contributed by atoms with Gasteiger partial charge in [-0.25, -0.2) is 13.4 Å². The van der Waals surface area contributed by atoms with E-state index < -0.39 is 15.7 Å². The number of pyridine rings is 2. The van der Waals surface area contributed by atoms with E-state index >= 15 is 0 Å². The van der Waals surface area contributed by atoms with Gasteiger partial charge in [-0.3, -0.25) is 14.6 Å². The highest BCUT2D eigenvalue weighted by Gasteiger charge is 2.25. The van der Waals surface area contributed by atoms with Crippen LogP contribution in [0.2, 0.25) is 5.02 Å². The van der Waals surface area contributed by atoms with Crippen LogP contribution in [-0.4, -0.2) is 49.5 Å². The van der Waals surface area contributed by atoms with Gasteiger partial charge in [0, 0.05) is 48.7 Å². The molecule has 1 aliphatic rings. The summed E-state index contributed by atoms with van der Waals surface area (Å²) in [6.07, 6.45) is 6.02. The normalized spacial score (nSPS) is 14.3. The Balaban J connectivity index is 1.42. The first-order valence-corrected chi connectivity index (χ1v) is 14.1. The lowest BCUT2D eigenvalue weighted by Crippen LogP contribution is -2.37. The van der Waals surface area contributed by atoms with Gasteiger partial charge in [0.25, 0.3) is 5.91 Å². The number of nitrogens with zero attached hydrogens (tertiary/aromatic N) is 3. The average molecular weight is 542 g/mol. The molecule has 3 heterocycles. The minimum Gasteiger partial charge on any atom is -0.355 e. The van der Waals surface area contributed by atoms with Gasteiger partial charge in [-0.05, 0) is 55.2 Å². The van der Waals surface area contributed by atoms with Gasteiger partial charge in [0.05, 0.1) is 22.8 Å². The molecule has 2 N–H and O–H groups in total. The minimum absolute atomic E-state index is 0.0112. The van der Waals surface area contributed by atoms with E-state index in [9.17, 15) is 18.0 Å². The van der Waals surface area contributed by atoms with Crippen molar-refractivity contribution in [2.45, 2.75) is 30.7 Å². The molecule has 3 aromatic rings. The first-order valence-electron chi connectivity index (χ1n) is 11.9. The quantitative estimate of drug-likeness (QED) is 0.446. The summed E-state index contributed by atoms with van der Waals surface area (Å²) in [5.41, 5.74) is 1.46. The van der Waals surface area contributed by atoms with Crippen molar-refractivity contribution in [3.05, 3.63) is 77.2 Å². The van der Waals surface area contributed by atoms with E-state index in [1.54, 1.807) is 24.4 Å².